The molecule has 0 spiro atoms. The van der Waals surface area contributed by atoms with Gasteiger partial charge in [-0.25, -0.2) is 0 Å². The number of esters is 2. The van der Waals surface area contributed by atoms with Gasteiger partial charge < -0.3 is 27.9 Å². The van der Waals surface area contributed by atoms with Crippen molar-refractivity contribution in [3.63, 3.8) is 0 Å². The maximum Gasteiger partial charge on any atom is 0.306 e. The van der Waals surface area contributed by atoms with Gasteiger partial charge in [0.15, 0.2) is 6.10 Å². The zero-order valence-electron chi connectivity index (χ0n) is 33.4. The summed E-state index contributed by atoms with van der Waals surface area (Å²) in [5, 5.41) is 0. The van der Waals surface area contributed by atoms with Crippen molar-refractivity contribution in [3.8, 4) is 0 Å². The van der Waals surface area contributed by atoms with E-state index < -0.39 is 12.8 Å². The largest absolute Gasteiger partial charge is 0.780 e. The van der Waals surface area contributed by atoms with Gasteiger partial charge in [0, 0.05) is 12.8 Å². The number of hydrogen-bond donors (Lipinski definition) is 0. The third-order valence-corrected chi connectivity index (χ3v) is 10.7. The number of ether oxygens (including phenoxy) is 2. The molecule has 2 atom stereocenters. The van der Waals surface area contributed by atoms with Gasteiger partial charge in [-0.1, -0.05) is 180 Å². The van der Waals surface area contributed by atoms with Crippen molar-refractivity contribution in [2.45, 2.75) is 200 Å². The van der Waals surface area contributed by atoms with E-state index in [4.69, 9.17) is 30.3 Å². The summed E-state index contributed by atoms with van der Waals surface area (Å²) in [6.45, 7) is 1.12. The number of rotatable bonds is 38. The van der Waals surface area contributed by atoms with Crippen molar-refractivity contribution in [2.24, 2.45) is 0 Å². The van der Waals surface area contributed by atoms with Crippen LogP contribution in [0.1, 0.15) is 194 Å². The molecule has 0 saturated carbocycles. The molecule has 0 radical (unpaired) electrons. The molecular formula is C40H80NO7PS. The van der Waals surface area contributed by atoms with Crippen molar-refractivity contribution >= 4 is 30.5 Å². The number of quaternary nitrogens is 1. The van der Waals surface area contributed by atoms with Gasteiger partial charge in [-0.2, -0.15) is 0 Å². The number of carbonyl (C=O) groups excluding carboxylic acids is 2. The molecule has 10 heteroatoms. The van der Waals surface area contributed by atoms with Gasteiger partial charge >= 0.3 is 11.9 Å². The first-order valence-corrected chi connectivity index (χ1v) is 23.3. The van der Waals surface area contributed by atoms with E-state index in [9.17, 15) is 14.5 Å². The van der Waals surface area contributed by atoms with Gasteiger partial charge in [-0.3, -0.25) is 9.59 Å². The second-order valence-electron chi connectivity index (χ2n) is 15.4. The first-order valence-electron chi connectivity index (χ1n) is 20.7. The van der Waals surface area contributed by atoms with E-state index in [1.807, 2.05) is 21.1 Å². The molecule has 0 fully saturated rings. The number of carbonyl (C=O) groups is 2. The lowest BCUT2D eigenvalue weighted by atomic mass is 10.0. The van der Waals surface area contributed by atoms with Crippen LogP contribution >= 0.6 is 6.72 Å². The summed E-state index contributed by atoms with van der Waals surface area (Å²) in [5.74, 6) is -0.703. The average molecular weight is 750 g/mol. The van der Waals surface area contributed by atoms with Crippen LogP contribution in [0.25, 0.3) is 0 Å². The lowest BCUT2D eigenvalue weighted by Crippen LogP contribution is -2.37. The number of unbranched alkanes of at least 4 members (excludes halogenated alkanes) is 24. The van der Waals surface area contributed by atoms with E-state index in [0.717, 1.165) is 38.5 Å². The Labute approximate surface area is 314 Å². The Morgan fingerprint density at radius 3 is 1.30 bits per heavy atom. The Kier molecular flexibility index (Phi) is 33.8. The highest BCUT2D eigenvalue weighted by atomic mass is 32.5. The summed E-state index contributed by atoms with van der Waals surface area (Å²) < 4.78 is 22.5. The molecule has 0 aromatic heterocycles. The first-order chi connectivity index (χ1) is 24.0. The van der Waals surface area contributed by atoms with Crippen molar-refractivity contribution in [3.05, 3.63) is 0 Å². The maximum absolute atomic E-state index is 12.7. The first kappa shape index (κ1) is 49.4. The van der Waals surface area contributed by atoms with E-state index in [1.165, 1.54) is 128 Å². The van der Waals surface area contributed by atoms with Crippen molar-refractivity contribution in [2.75, 3.05) is 47.5 Å². The van der Waals surface area contributed by atoms with Crippen LogP contribution in [0, 0.1) is 0 Å². The Hall–Kier alpha value is -0.570. The molecule has 0 aromatic carbocycles. The average Bonchev–Trinajstić information content (AvgIpc) is 3.06. The maximum atomic E-state index is 12.7. The monoisotopic (exact) mass is 750 g/mol. The lowest BCUT2D eigenvalue weighted by molar-refractivity contribution is -0.870. The normalized spacial score (nSPS) is 13.6. The Morgan fingerprint density at radius 1 is 0.560 bits per heavy atom. The molecule has 0 aliphatic carbocycles. The van der Waals surface area contributed by atoms with Crippen molar-refractivity contribution in [1.82, 2.24) is 0 Å². The van der Waals surface area contributed by atoms with Gasteiger partial charge in [-0.05, 0) is 12.8 Å². The zero-order chi connectivity index (χ0) is 37.2. The second kappa shape index (κ2) is 34.2. The molecule has 0 rings (SSSR count). The molecule has 0 bridgehead atoms. The predicted octanol–water partition coefficient (Wildman–Crippen LogP) is 10.7. The summed E-state index contributed by atoms with van der Waals surface area (Å²) in [7, 11) is 5.99. The molecule has 0 amide bonds. The van der Waals surface area contributed by atoms with Crippen LogP contribution in [0.4, 0.5) is 0 Å². The molecule has 0 saturated heterocycles. The Morgan fingerprint density at radius 2 is 0.920 bits per heavy atom. The summed E-state index contributed by atoms with van der Waals surface area (Å²) in [6.07, 6.45) is 31.8. The lowest BCUT2D eigenvalue weighted by Gasteiger charge is -2.31. The van der Waals surface area contributed by atoms with Crippen LogP contribution in [0.5, 0.6) is 0 Å². The van der Waals surface area contributed by atoms with Crippen LogP contribution in [0.15, 0.2) is 0 Å². The standard InChI is InChI=1S/C40H80NO7PS/c1-6-8-10-12-14-16-18-20-22-24-26-28-30-32-39(42)45-36-38(37-47-49(44,50)46-35-34-41(3,4)5)48-40(43)33-31-29-27-25-23-21-19-17-15-13-11-9-7-2/h38H,6-37H2,1-5H3/t38-,49?/m1/s1. The molecule has 0 aromatic rings. The summed E-state index contributed by atoms with van der Waals surface area (Å²) in [5.41, 5.74) is 0. The second-order valence-corrected chi connectivity index (χ2v) is 18.1. The number of hydrogen-bond acceptors (Lipinski definition) is 8. The SMILES string of the molecule is CCCCCCCCCCCCCCCC(=O)OC[C@H](COP([O-])(=S)OCC[N+](C)(C)C)OC(=O)CCCCCCCCCCCCCCC. The highest BCUT2D eigenvalue weighted by molar-refractivity contribution is 8.06. The van der Waals surface area contributed by atoms with E-state index in [-0.39, 0.29) is 38.2 Å². The van der Waals surface area contributed by atoms with Crippen molar-refractivity contribution < 1.29 is 37.5 Å². The number of nitrogens with zero attached hydrogens (tertiary/aromatic N) is 1. The van der Waals surface area contributed by atoms with E-state index in [2.05, 4.69) is 13.8 Å². The van der Waals surface area contributed by atoms with Crippen LogP contribution in [0.2, 0.25) is 0 Å². The van der Waals surface area contributed by atoms with Gasteiger partial charge in [0.2, 0.25) is 0 Å². The molecule has 1 unspecified atom stereocenters. The quantitative estimate of drug-likeness (QED) is 0.0267. The molecule has 0 N–H and O–H groups in total. The third-order valence-electron chi connectivity index (χ3n) is 9.13. The van der Waals surface area contributed by atoms with Crippen LogP contribution < -0.4 is 4.89 Å². The van der Waals surface area contributed by atoms with Crippen LogP contribution in [-0.4, -0.2) is 70.0 Å². The third kappa shape index (κ3) is 37.2. The Bertz CT molecular complexity index is 839. The highest BCUT2D eigenvalue weighted by Gasteiger charge is 2.20. The Balaban J connectivity index is 4.36. The minimum Gasteiger partial charge on any atom is -0.780 e. The van der Waals surface area contributed by atoms with Gasteiger partial charge in [0.05, 0.1) is 27.7 Å². The molecule has 0 aliphatic rings. The molecule has 298 valence electrons. The summed E-state index contributed by atoms with van der Waals surface area (Å²) >= 11 is 5.06. The molecule has 0 heterocycles. The van der Waals surface area contributed by atoms with Crippen LogP contribution in [-0.2, 0) is 39.9 Å². The minimum absolute atomic E-state index is 0.157. The predicted molar refractivity (Wildman–Crippen MR) is 211 cm³/mol. The number of likely N-dealkylation sites (N-methyl/N-ethyl adjacent to an activating group) is 1. The van der Waals surface area contributed by atoms with Crippen molar-refractivity contribution in [1.29, 1.82) is 0 Å². The summed E-state index contributed by atoms with van der Waals surface area (Å²) in [6, 6.07) is 0. The van der Waals surface area contributed by atoms with Gasteiger partial charge in [-0.15, -0.1) is 0 Å². The summed E-state index contributed by atoms with van der Waals surface area (Å²) in [4.78, 5) is 37.8. The fourth-order valence-corrected chi connectivity index (χ4v) is 6.97. The molecule has 8 nitrogen and oxygen atoms in total. The highest BCUT2D eigenvalue weighted by Crippen LogP contribution is 2.38. The van der Waals surface area contributed by atoms with E-state index in [0.29, 0.717) is 17.4 Å². The topological polar surface area (TPSA) is 94.1 Å². The molecule has 0 aliphatic heterocycles. The minimum atomic E-state index is -3.78. The molecule has 50 heavy (non-hydrogen) atoms. The van der Waals surface area contributed by atoms with E-state index >= 15 is 0 Å². The smallest absolute Gasteiger partial charge is 0.306 e. The van der Waals surface area contributed by atoms with Gasteiger partial charge in [0.25, 0.3) is 0 Å². The molecular weight excluding hydrogens is 669 g/mol. The fraction of sp³-hybridized carbons (Fsp3) is 0.950. The zero-order valence-corrected chi connectivity index (χ0v) is 35.1. The van der Waals surface area contributed by atoms with Gasteiger partial charge in [0.1, 0.15) is 26.5 Å². The van der Waals surface area contributed by atoms with Crippen LogP contribution in [0.3, 0.4) is 0 Å². The van der Waals surface area contributed by atoms with E-state index in [1.54, 1.807) is 0 Å². The fourth-order valence-electron chi connectivity index (χ4n) is 5.83.